The summed E-state index contributed by atoms with van der Waals surface area (Å²) in [7, 11) is 0. The molecule has 0 radical (unpaired) electrons. The van der Waals surface area contributed by atoms with Gasteiger partial charge in [-0.15, -0.1) is 11.3 Å². The van der Waals surface area contributed by atoms with Crippen LogP contribution in [0.25, 0.3) is 10.2 Å². The first-order chi connectivity index (χ1) is 13.3. The van der Waals surface area contributed by atoms with Crippen molar-refractivity contribution in [3.8, 4) is 0 Å². The number of amides is 1. The number of aryl methyl sites for hydroxylation is 2. The third-order valence-electron chi connectivity index (χ3n) is 4.98. The molecule has 8 heteroatoms. The van der Waals surface area contributed by atoms with E-state index in [1.54, 1.807) is 15.9 Å². The Labute approximate surface area is 174 Å². The van der Waals surface area contributed by atoms with Crippen LogP contribution in [0.2, 0.25) is 0 Å². The zero-order valence-electron chi connectivity index (χ0n) is 17.2. The second kappa shape index (κ2) is 8.97. The summed E-state index contributed by atoms with van der Waals surface area (Å²) in [6, 6.07) is 0. The van der Waals surface area contributed by atoms with E-state index >= 15 is 0 Å². The fourth-order valence-electron chi connectivity index (χ4n) is 3.30. The number of thiophene rings is 1. The van der Waals surface area contributed by atoms with Gasteiger partial charge in [-0.1, -0.05) is 25.6 Å². The van der Waals surface area contributed by atoms with E-state index in [9.17, 15) is 9.59 Å². The fourth-order valence-corrected chi connectivity index (χ4v) is 5.31. The van der Waals surface area contributed by atoms with Gasteiger partial charge in [0, 0.05) is 24.6 Å². The van der Waals surface area contributed by atoms with Crippen LogP contribution in [0.4, 0.5) is 0 Å². The Morgan fingerprint density at radius 3 is 2.79 bits per heavy atom. The van der Waals surface area contributed by atoms with Gasteiger partial charge in [-0.2, -0.15) is 0 Å². The van der Waals surface area contributed by atoms with Gasteiger partial charge < -0.3 is 10.1 Å². The van der Waals surface area contributed by atoms with Crippen LogP contribution in [0.1, 0.15) is 44.1 Å². The lowest BCUT2D eigenvalue weighted by atomic mass is 10.2. The number of nitrogens with one attached hydrogen (secondary N) is 1. The molecule has 1 aliphatic heterocycles. The second-order valence-electron chi connectivity index (χ2n) is 7.81. The van der Waals surface area contributed by atoms with Crippen LogP contribution in [0.15, 0.2) is 9.95 Å². The van der Waals surface area contributed by atoms with Gasteiger partial charge in [0.1, 0.15) is 4.83 Å². The summed E-state index contributed by atoms with van der Waals surface area (Å²) in [4.78, 5) is 32.4. The number of rotatable bonds is 7. The summed E-state index contributed by atoms with van der Waals surface area (Å²) in [5, 5.41) is 3.96. The minimum atomic E-state index is -0.341. The van der Waals surface area contributed by atoms with Crippen molar-refractivity contribution in [1.82, 2.24) is 14.9 Å². The van der Waals surface area contributed by atoms with Crippen molar-refractivity contribution in [2.24, 2.45) is 5.92 Å². The number of carbonyl (C=O) groups excluding carboxylic acids is 1. The molecule has 0 saturated carbocycles. The molecule has 2 atom stereocenters. The van der Waals surface area contributed by atoms with Crippen molar-refractivity contribution in [2.45, 2.75) is 70.5 Å². The quantitative estimate of drug-likeness (QED) is 0.545. The van der Waals surface area contributed by atoms with Gasteiger partial charge in [0.05, 0.1) is 16.7 Å². The van der Waals surface area contributed by atoms with Crippen molar-refractivity contribution < 1.29 is 9.53 Å². The highest BCUT2D eigenvalue weighted by Gasteiger charge is 2.23. The number of carbonyl (C=O) groups is 1. The van der Waals surface area contributed by atoms with E-state index in [1.807, 2.05) is 20.8 Å². The zero-order chi connectivity index (χ0) is 20.4. The summed E-state index contributed by atoms with van der Waals surface area (Å²) < 4.78 is 7.30. The normalized spacial score (nSPS) is 18.1. The van der Waals surface area contributed by atoms with Crippen LogP contribution in [0.3, 0.4) is 0 Å². The van der Waals surface area contributed by atoms with Gasteiger partial charge in [-0.3, -0.25) is 14.2 Å². The van der Waals surface area contributed by atoms with Crippen molar-refractivity contribution in [2.75, 3.05) is 13.2 Å². The van der Waals surface area contributed by atoms with Crippen LogP contribution >= 0.6 is 23.1 Å². The van der Waals surface area contributed by atoms with Gasteiger partial charge in [0.15, 0.2) is 5.16 Å². The predicted octanol–water partition coefficient (Wildman–Crippen LogP) is 3.51. The molecule has 0 aliphatic carbocycles. The third-order valence-corrected chi connectivity index (χ3v) is 7.17. The van der Waals surface area contributed by atoms with E-state index in [0.717, 1.165) is 34.7 Å². The Morgan fingerprint density at radius 1 is 1.39 bits per heavy atom. The Bertz CT molecular complexity index is 914. The molecular formula is C20H29N3O3S2. The van der Waals surface area contributed by atoms with Crippen molar-refractivity contribution in [3.63, 3.8) is 0 Å². The number of thioether (sulfide) groups is 1. The van der Waals surface area contributed by atoms with Gasteiger partial charge in [0.25, 0.3) is 5.56 Å². The van der Waals surface area contributed by atoms with Crippen molar-refractivity contribution >= 4 is 39.2 Å². The summed E-state index contributed by atoms with van der Waals surface area (Å²) in [6.45, 7) is 11.9. The van der Waals surface area contributed by atoms with E-state index in [1.165, 1.54) is 11.8 Å². The Morgan fingerprint density at radius 2 is 2.14 bits per heavy atom. The minimum absolute atomic E-state index is 0.00462. The SMILES string of the molecule is Cc1sc2nc(S[C@H](C)C(=O)NC[C@H]3CCCO3)n(CC(C)C)c(=O)c2c1C. The number of ether oxygens (including phenoxy) is 1. The largest absolute Gasteiger partial charge is 0.376 e. The number of fused-ring (bicyclic) bond motifs is 1. The molecule has 1 saturated heterocycles. The van der Waals surface area contributed by atoms with Gasteiger partial charge in [-0.25, -0.2) is 4.98 Å². The molecule has 2 aromatic heterocycles. The van der Waals surface area contributed by atoms with Crippen molar-refractivity contribution in [3.05, 3.63) is 20.8 Å². The molecule has 1 aliphatic rings. The van der Waals surface area contributed by atoms with Gasteiger partial charge in [0.2, 0.25) is 5.91 Å². The molecule has 0 bridgehead atoms. The number of nitrogens with zero attached hydrogens (tertiary/aromatic N) is 2. The van der Waals surface area contributed by atoms with E-state index < -0.39 is 0 Å². The fraction of sp³-hybridized carbons (Fsp3) is 0.650. The molecule has 0 unspecified atom stereocenters. The Balaban J connectivity index is 1.83. The summed E-state index contributed by atoms with van der Waals surface area (Å²) in [5.41, 5.74) is 1.00. The Hall–Kier alpha value is -1.38. The smallest absolute Gasteiger partial charge is 0.263 e. The first-order valence-electron chi connectivity index (χ1n) is 9.84. The van der Waals surface area contributed by atoms with Crippen LogP contribution in [-0.2, 0) is 16.1 Å². The molecular weight excluding hydrogens is 394 g/mol. The average Bonchev–Trinajstić information content (AvgIpc) is 3.24. The zero-order valence-corrected chi connectivity index (χ0v) is 18.8. The van der Waals surface area contributed by atoms with Crippen molar-refractivity contribution in [1.29, 1.82) is 0 Å². The van der Waals surface area contributed by atoms with E-state index in [-0.39, 0.29) is 22.8 Å². The van der Waals surface area contributed by atoms with E-state index in [0.29, 0.717) is 29.6 Å². The maximum Gasteiger partial charge on any atom is 0.263 e. The molecule has 0 aromatic carbocycles. The van der Waals surface area contributed by atoms with Crippen LogP contribution in [-0.4, -0.2) is 40.0 Å². The van der Waals surface area contributed by atoms with E-state index in [4.69, 9.17) is 9.72 Å². The molecule has 3 rings (SSSR count). The van der Waals surface area contributed by atoms with Gasteiger partial charge >= 0.3 is 0 Å². The minimum Gasteiger partial charge on any atom is -0.376 e. The lowest BCUT2D eigenvalue weighted by Crippen LogP contribution is -2.37. The summed E-state index contributed by atoms with van der Waals surface area (Å²) in [6.07, 6.45) is 2.16. The Kier molecular flexibility index (Phi) is 6.83. The maximum absolute atomic E-state index is 13.2. The molecule has 3 heterocycles. The highest BCUT2D eigenvalue weighted by molar-refractivity contribution is 8.00. The molecule has 154 valence electrons. The first-order valence-corrected chi connectivity index (χ1v) is 11.5. The lowest BCUT2D eigenvalue weighted by Gasteiger charge is -2.18. The third kappa shape index (κ3) is 4.60. The predicted molar refractivity (Wildman–Crippen MR) is 115 cm³/mol. The average molecular weight is 424 g/mol. The summed E-state index contributed by atoms with van der Waals surface area (Å²) in [5.74, 6) is 0.254. The van der Waals surface area contributed by atoms with Gasteiger partial charge in [-0.05, 0) is 45.1 Å². The van der Waals surface area contributed by atoms with Crippen LogP contribution in [0, 0.1) is 19.8 Å². The number of hydrogen-bond donors (Lipinski definition) is 1. The molecule has 0 spiro atoms. The topological polar surface area (TPSA) is 73.2 Å². The molecule has 1 N–H and O–H groups in total. The molecule has 2 aromatic rings. The maximum atomic E-state index is 13.2. The highest BCUT2D eigenvalue weighted by atomic mass is 32.2. The molecule has 6 nitrogen and oxygen atoms in total. The standard InChI is InChI=1S/C20H29N3O3S2/c1-11(2)10-23-19(25)16-12(3)13(4)27-18(16)22-20(23)28-14(5)17(24)21-9-15-7-6-8-26-15/h11,14-15H,6-10H2,1-5H3,(H,21,24)/t14-,15-/m1/s1. The second-order valence-corrected chi connectivity index (χ2v) is 10.3. The van der Waals surface area contributed by atoms with E-state index in [2.05, 4.69) is 19.2 Å². The summed E-state index contributed by atoms with van der Waals surface area (Å²) >= 11 is 2.89. The lowest BCUT2D eigenvalue weighted by molar-refractivity contribution is -0.120. The highest BCUT2D eigenvalue weighted by Crippen LogP contribution is 2.30. The molecule has 1 fully saturated rings. The number of hydrogen-bond acceptors (Lipinski definition) is 6. The molecule has 1 amide bonds. The first kappa shape index (κ1) is 21.3. The van der Waals surface area contributed by atoms with Crippen LogP contribution in [0.5, 0.6) is 0 Å². The van der Waals surface area contributed by atoms with Crippen LogP contribution < -0.4 is 10.9 Å². The monoisotopic (exact) mass is 423 g/mol. The molecule has 28 heavy (non-hydrogen) atoms. The number of aromatic nitrogens is 2.